The van der Waals surface area contributed by atoms with Crippen molar-refractivity contribution in [3.8, 4) is 11.8 Å². The number of rotatable bonds is 8. The lowest BCUT2D eigenvalue weighted by Crippen LogP contribution is -2.41. The fourth-order valence-electron chi connectivity index (χ4n) is 2.45. The Kier molecular flexibility index (Phi) is 7.60. The van der Waals surface area contributed by atoms with E-state index in [1.54, 1.807) is 24.3 Å². The van der Waals surface area contributed by atoms with Crippen LogP contribution >= 0.6 is 0 Å². The van der Waals surface area contributed by atoms with Gasteiger partial charge < -0.3 is 14.5 Å². The van der Waals surface area contributed by atoms with Gasteiger partial charge in [0.1, 0.15) is 18.4 Å². The van der Waals surface area contributed by atoms with E-state index in [-0.39, 0.29) is 17.4 Å². The summed E-state index contributed by atoms with van der Waals surface area (Å²) in [5, 5.41) is 12.1. The van der Waals surface area contributed by atoms with E-state index in [4.69, 9.17) is 14.4 Å². The van der Waals surface area contributed by atoms with Crippen molar-refractivity contribution in [2.24, 2.45) is 0 Å². The van der Waals surface area contributed by atoms with E-state index in [9.17, 15) is 4.79 Å². The average molecular weight is 411 g/mol. The molecule has 0 aliphatic rings. The third kappa shape index (κ3) is 6.74. The van der Waals surface area contributed by atoms with Gasteiger partial charge in [-0.05, 0) is 48.0 Å². The van der Waals surface area contributed by atoms with Gasteiger partial charge in [-0.1, -0.05) is 45.0 Å². The van der Waals surface area contributed by atoms with Crippen molar-refractivity contribution in [2.75, 3.05) is 18.5 Å². The highest BCUT2D eigenvalue weighted by Gasteiger charge is 2.36. The zero-order chi connectivity index (χ0) is 21.5. The van der Waals surface area contributed by atoms with Crippen LogP contribution in [0, 0.1) is 11.3 Å². The molecular weight excluding hydrogens is 380 g/mol. The second-order valence-corrected chi connectivity index (χ2v) is 13.3. The van der Waals surface area contributed by atoms with Gasteiger partial charge in [0.25, 0.3) is 0 Å². The van der Waals surface area contributed by atoms with E-state index in [2.05, 4.69) is 45.3 Å². The number of anilines is 1. The molecule has 2 aromatic rings. The number of nitrogens with one attached hydrogen (secondary N) is 1. The molecule has 2 rings (SSSR count). The summed E-state index contributed by atoms with van der Waals surface area (Å²) in [4.78, 5) is 12.3. The van der Waals surface area contributed by atoms with Gasteiger partial charge in [0, 0.05) is 0 Å². The first-order valence-corrected chi connectivity index (χ1v) is 12.7. The number of ether oxygens (including phenoxy) is 1. The quantitative estimate of drug-likeness (QED) is 0.483. The minimum Gasteiger partial charge on any atom is -0.491 e. The Bertz CT molecular complexity index is 865. The van der Waals surface area contributed by atoms with Crippen LogP contribution in [0.1, 0.15) is 31.9 Å². The molecule has 5 nitrogen and oxygen atoms in total. The lowest BCUT2D eigenvalue weighted by molar-refractivity contribution is -0.115. The van der Waals surface area contributed by atoms with E-state index >= 15 is 0 Å². The van der Waals surface area contributed by atoms with Gasteiger partial charge in [-0.2, -0.15) is 5.26 Å². The van der Waals surface area contributed by atoms with Crippen LogP contribution in [0.4, 0.5) is 5.69 Å². The fraction of sp³-hybridized carbons (Fsp3) is 0.391. The largest absolute Gasteiger partial charge is 0.491 e. The smallest absolute Gasteiger partial charge is 0.228 e. The number of carbonyl (C=O) groups is 1. The van der Waals surface area contributed by atoms with Crippen molar-refractivity contribution in [3.63, 3.8) is 0 Å². The molecule has 6 heteroatoms. The molecule has 0 radical (unpaired) electrons. The zero-order valence-electron chi connectivity index (χ0n) is 17.9. The van der Waals surface area contributed by atoms with E-state index < -0.39 is 8.32 Å². The molecule has 0 fully saturated rings. The van der Waals surface area contributed by atoms with Crippen LogP contribution in [-0.4, -0.2) is 27.4 Å². The third-order valence-corrected chi connectivity index (χ3v) is 9.77. The van der Waals surface area contributed by atoms with Crippen LogP contribution < -0.4 is 10.1 Å². The first kappa shape index (κ1) is 22.7. The zero-order valence-corrected chi connectivity index (χ0v) is 18.9. The predicted molar refractivity (Wildman–Crippen MR) is 119 cm³/mol. The second-order valence-electron chi connectivity index (χ2n) is 8.48. The standard InChI is InChI=1S/C23H30N2O3Si/c1-23(2,3)29(4,5)28-15-14-27-20-12-10-18(11-13-20)16-22(26)25-21-9-7-6-8-19(21)17-24/h6-13H,14-16H2,1-5H3,(H,25,26). The van der Waals surface area contributed by atoms with E-state index in [0.717, 1.165) is 11.3 Å². The van der Waals surface area contributed by atoms with Crippen molar-refractivity contribution >= 4 is 19.9 Å². The topological polar surface area (TPSA) is 71.3 Å². The molecule has 0 heterocycles. The first-order chi connectivity index (χ1) is 13.6. The molecule has 154 valence electrons. The average Bonchev–Trinajstić information content (AvgIpc) is 2.66. The molecule has 1 amide bonds. The second kappa shape index (κ2) is 9.73. The van der Waals surface area contributed by atoms with Gasteiger partial charge in [0.05, 0.1) is 24.3 Å². The summed E-state index contributed by atoms with van der Waals surface area (Å²) >= 11 is 0. The number of nitriles is 1. The number of hydrogen-bond acceptors (Lipinski definition) is 4. The number of hydrogen-bond donors (Lipinski definition) is 1. The molecule has 29 heavy (non-hydrogen) atoms. The van der Waals surface area contributed by atoms with Gasteiger partial charge in [0.2, 0.25) is 5.91 Å². The van der Waals surface area contributed by atoms with E-state index in [1.807, 2.05) is 24.3 Å². The normalized spacial score (nSPS) is 11.6. The maximum absolute atomic E-state index is 12.3. The van der Waals surface area contributed by atoms with Gasteiger partial charge in [0.15, 0.2) is 8.32 Å². The Labute approximate surface area is 174 Å². The van der Waals surface area contributed by atoms with Crippen molar-refractivity contribution in [1.29, 1.82) is 5.26 Å². The number of nitrogens with zero attached hydrogens (tertiary/aromatic N) is 1. The van der Waals surface area contributed by atoms with Crippen LogP contribution in [0.3, 0.4) is 0 Å². The van der Waals surface area contributed by atoms with E-state index in [1.165, 1.54) is 0 Å². The fourth-order valence-corrected chi connectivity index (χ4v) is 3.47. The van der Waals surface area contributed by atoms with Crippen LogP contribution in [0.5, 0.6) is 5.75 Å². The number of amides is 1. The molecule has 0 aromatic heterocycles. The summed E-state index contributed by atoms with van der Waals surface area (Å²) in [5.74, 6) is 0.590. The van der Waals surface area contributed by atoms with Gasteiger partial charge >= 0.3 is 0 Å². The summed E-state index contributed by atoms with van der Waals surface area (Å²) < 4.78 is 11.9. The monoisotopic (exact) mass is 410 g/mol. The summed E-state index contributed by atoms with van der Waals surface area (Å²) in [6, 6.07) is 16.5. The molecule has 0 aliphatic carbocycles. The van der Waals surface area contributed by atoms with Crippen molar-refractivity contribution in [1.82, 2.24) is 0 Å². The van der Waals surface area contributed by atoms with Crippen LogP contribution in [-0.2, 0) is 15.6 Å². The molecule has 0 aliphatic heterocycles. The molecule has 0 spiro atoms. The minimum absolute atomic E-state index is 0.163. The summed E-state index contributed by atoms with van der Waals surface area (Å²) in [6.07, 6.45) is 0.231. The summed E-state index contributed by atoms with van der Waals surface area (Å²) in [6.45, 7) is 12.2. The number of carbonyl (C=O) groups excluding carboxylic acids is 1. The Hall–Kier alpha value is -2.62. The third-order valence-electron chi connectivity index (χ3n) is 5.23. The first-order valence-electron chi connectivity index (χ1n) is 9.77. The summed E-state index contributed by atoms with van der Waals surface area (Å²) in [5.41, 5.74) is 1.85. The predicted octanol–water partition coefficient (Wildman–Crippen LogP) is 5.14. The molecule has 1 N–H and O–H groups in total. The van der Waals surface area contributed by atoms with Crippen molar-refractivity contribution < 1.29 is 14.0 Å². The Balaban J connectivity index is 1.81. The minimum atomic E-state index is -1.75. The lowest BCUT2D eigenvalue weighted by atomic mass is 10.1. The summed E-state index contributed by atoms with van der Waals surface area (Å²) in [7, 11) is -1.75. The van der Waals surface area contributed by atoms with E-state index in [0.29, 0.717) is 24.5 Å². The van der Waals surface area contributed by atoms with Crippen LogP contribution in [0.2, 0.25) is 18.1 Å². The van der Waals surface area contributed by atoms with Crippen LogP contribution in [0.25, 0.3) is 0 Å². The molecular formula is C23H30N2O3Si. The maximum Gasteiger partial charge on any atom is 0.228 e. The SMILES string of the molecule is CC(C)(C)[Si](C)(C)OCCOc1ccc(CC(=O)Nc2ccccc2C#N)cc1. The van der Waals surface area contributed by atoms with Gasteiger partial charge in [-0.25, -0.2) is 0 Å². The highest BCUT2D eigenvalue weighted by molar-refractivity contribution is 6.74. The van der Waals surface area contributed by atoms with Gasteiger partial charge in [-0.3, -0.25) is 4.79 Å². The molecule has 0 saturated carbocycles. The highest BCUT2D eigenvalue weighted by Crippen LogP contribution is 2.36. The molecule has 0 saturated heterocycles. The molecule has 0 unspecified atom stereocenters. The molecule has 2 aromatic carbocycles. The van der Waals surface area contributed by atoms with Crippen molar-refractivity contribution in [3.05, 3.63) is 59.7 Å². The number of para-hydroxylation sites is 1. The molecule has 0 bridgehead atoms. The lowest BCUT2D eigenvalue weighted by Gasteiger charge is -2.36. The maximum atomic E-state index is 12.3. The Morgan fingerprint density at radius 2 is 1.72 bits per heavy atom. The van der Waals surface area contributed by atoms with Gasteiger partial charge in [-0.15, -0.1) is 0 Å². The highest BCUT2D eigenvalue weighted by atomic mass is 28.4. The number of benzene rings is 2. The van der Waals surface area contributed by atoms with Crippen LogP contribution in [0.15, 0.2) is 48.5 Å². The van der Waals surface area contributed by atoms with Crippen molar-refractivity contribution in [2.45, 2.75) is 45.3 Å². The molecule has 0 atom stereocenters. The Morgan fingerprint density at radius 3 is 2.34 bits per heavy atom. The Morgan fingerprint density at radius 1 is 1.07 bits per heavy atom.